The fraction of sp³-hybridized carbons (Fsp3) is 0.278. The Bertz CT molecular complexity index is 799. The highest BCUT2D eigenvalue weighted by Gasteiger charge is 2.25. The summed E-state index contributed by atoms with van der Waals surface area (Å²) in [5, 5.41) is 11.1. The number of rotatable bonds is 2. The molecule has 5 nitrogen and oxygen atoms in total. The van der Waals surface area contributed by atoms with E-state index < -0.39 is 4.92 Å². The summed E-state index contributed by atoms with van der Waals surface area (Å²) < 4.78 is 0. The average Bonchev–Trinajstić information content (AvgIpc) is 2.53. The zero-order valence-corrected chi connectivity index (χ0v) is 13.2. The van der Waals surface area contributed by atoms with Crippen molar-refractivity contribution in [2.75, 3.05) is 11.4 Å². The third kappa shape index (κ3) is 2.82. The van der Waals surface area contributed by atoms with Crippen molar-refractivity contribution >= 4 is 17.3 Å². The normalized spacial score (nSPS) is 13.6. The highest BCUT2D eigenvalue weighted by Crippen LogP contribution is 2.30. The molecule has 1 heterocycles. The van der Waals surface area contributed by atoms with Crippen LogP contribution in [0, 0.1) is 24.0 Å². The average molecular weight is 310 g/mol. The van der Waals surface area contributed by atoms with E-state index in [1.165, 1.54) is 11.6 Å². The number of amides is 1. The fourth-order valence-corrected chi connectivity index (χ4v) is 3.03. The van der Waals surface area contributed by atoms with E-state index in [4.69, 9.17) is 0 Å². The Balaban J connectivity index is 1.99. The van der Waals surface area contributed by atoms with Crippen molar-refractivity contribution in [1.29, 1.82) is 0 Å². The number of nitro benzene ring substituents is 1. The Kier molecular flexibility index (Phi) is 3.86. The predicted molar refractivity (Wildman–Crippen MR) is 89.0 cm³/mol. The molecular weight excluding hydrogens is 292 g/mol. The summed E-state index contributed by atoms with van der Waals surface area (Å²) in [6, 6.07) is 10.7. The summed E-state index contributed by atoms with van der Waals surface area (Å²) >= 11 is 0. The molecule has 1 aliphatic heterocycles. The first-order chi connectivity index (χ1) is 11.0. The van der Waals surface area contributed by atoms with Crippen LogP contribution in [0.4, 0.5) is 11.4 Å². The maximum atomic E-state index is 12.8. The van der Waals surface area contributed by atoms with Gasteiger partial charge in [-0.05, 0) is 44.4 Å². The number of nitrogens with zero attached hydrogens (tertiary/aromatic N) is 2. The molecule has 0 aromatic heterocycles. The smallest absolute Gasteiger partial charge is 0.273 e. The number of hydrogen-bond donors (Lipinski definition) is 0. The maximum absolute atomic E-state index is 12.8. The van der Waals surface area contributed by atoms with Gasteiger partial charge in [0.1, 0.15) is 0 Å². The van der Waals surface area contributed by atoms with Crippen LogP contribution in [-0.4, -0.2) is 17.4 Å². The van der Waals surface area contributed by atoms with Crippen molar-refractivity contribution in [2.24, 2.45) is 0 Å². The van der Waals surface area contributed by atoms with E-state index in [2.05, 4.69) is 6.07 Å². The first kappa shape index (κ1) is 15.2. The molecule has 0 fully saturated rings. The lowest BCUT2D eigenvalue weighted by Gasteiger charge is -2.30. The molecule has 0 unspecified atom stereocenters. The van der Waals surface area contributed by atoms with Crippen LogP contribution in [0.25, 0.3) is 0 Å². The van der Waals surface area contributed by atoms with Gasteiger partial charge in [-0.15, -0.1) is 0 Å². The van der Waals surface area contributed by atoms with Gasteiger partial charge >= 0.3 is 0 Å². The molecule has 0 N–H and O–H groups in total. The summed E-state index contributed by atoms with van der Waals surface area (Å²) in [4.78, 5) is 25.2. The first-order valence-corrected chi connectivity index (χ1v) is 7.64. The number of benzene rings is 2. The third-order valence-corrected chi connectivity index (χ3v) is 4.25. The number of aryl methyl sites for hydroxylation is 3. The minimum atomic E-state index is -0.445. The molecule has 2 aromatic rings. The van der Waals surface area contributed by atoms with Gasteiger partial charge < -0.3 is 4.90 Å². The number of hydrogen-bond acceptors (Lipinski definition) is 3. The molecule has 5 heteroatoms. The van der Waals surface area contributed by atoms with Crippen LogP contribution in [0.1, 0.15) is 33.5 Å². The van der Waals surface area contributed by atoms with E-state index in [9.17, 15) is 14.9 Å². The molecule has 0 saturated heterocycles. The summed E-state index contributed by atoms with van der Waals surface area (Å²) in [6.07, 6.45) is 1.85. The molecule has 0 spiro atoms. The molecular formula is C18H18N2O3. The number of carbonyl (C=O) groups excluding carboxylic acids is 1. The standard InChI is InChI=1S/C18H18N2O3/c1-12-5-8-16-14(10-12)4-3-9-19(16)18(21)15-7-6-13(2)17(11-15)20(22)23/h5-8,10-11H,3-4,9H2,1-2H3. The highest BCUT2D eigenvalue weighted by atomic mass is 16.6. The molecule has 3 rings (SSSR count). The second-order valence-electron chi connectivity index (χ2n) is 5.95. The molecule has 0 saturated carbocycles. The topological polar surface area (TPSA) is 63.5 Å². The Labute approximate surface area is 134 Å². The monoisotopic (exact) mass is 310 g/mol. The molecule has 118 valence electrons. The molecule has 1 amide bonds. The fourth-order valence-electron chi connectivity index (χ4n) is 3.03. The lowest BCUT2D eigenvalue weighted by atomic mass is 9.98. The number of nitro groups is 1. The molecule has 2 aromatic carbocycles. The second-order valence-corrected chi connectivity index (χ2v) is 5.95. The first-order valence-electron chi connectivity index (χ1n) is 7.64. The van der Waals surface area contributed by atoms with Crippen molar-refractivity contribution in [1.82, 2.24) is 0 Å². The lowest BCUT2D eigenvalue weighted by molar-refractivity contribution is -0.385. The zero-order chi connectivity index (χ0) is 16.6. The minimum absolute atomic E-state index is 0.0167. The van der Waals surface area contributed by atoms with E-state index in [1.807, 2.05) is 19.1 Å². The highest BCUT2D eigenvalue weighted by molar-refractivity contribution is 6.07. The van der Waals surface area contributed by atoms with Gasteiger partial charge in [0.2, 0.25) is 0 Å². The van der Waals surface area contributed by atoms with Crippen LogP contribution in [0.3, 0.4) is 0 Å². The Morgan fingerprint density at radius 2 is 1.96 bits per heavy atom. The van der Waals surface area contributed by atoms with Gasteiger partial charge in [-0.2, -0.15) is 0 Å². The van der Waals surface area contributed by atoms with E-state index in [-0.39, 0.29) is 11.6 Å². The van der Waals surface area contributed by atoms with E-state index in [1.54, 1.807) is 24.0 Å². The van der Waals surface area contributed by atoms with Gasteiger partial charge in [0, 0.05) is 29.4 Å². The van der Waals surface area contributed by atoms with Gasteiger partial charge in [0.05, 0.1) is 4.92 Å². The van der Waals surface area contributed by atoms with Gasteiger partial charge in [-0.25, -0.2) is 0 Å². The van der Waals surface area contributed by atoms with Crippen molar-refractivity contribution in [3.05, 3.63) is 68.8 Å². The summed E-state index contributed by atoms with van der Waals surface area (Å²) in [7, 11) is 0. The SMILES string of the molecule is Cc1ccc2c(c1)CCCN2C(=O)c1ccc(C)c([N+](=O)[O-])c1. The lowest BCUT2D eigenvalue weighted by Crippen LogP contribution is -2.35. The number of anilines is 1. The number of fused-ring (bicyclic) bond motifs is 1. The molecule has 0 radical (unpaired) electrons. The Hall–Kier alpha value is -2.69. The van der Waals surface area contributed by atoms with Crippen molar-refractivity contribution in [3.63, 3.8) is 0 Å². The second kappa shape index (κ2) is 5.83. The molecule has 1 aliphatic rings. The molecule has 0 atom stereocenters. The van der Waals surface area contributed by atoms with Crippen molar-refractivity contribution in [3.8, 4) is 0 Å². The minimum Gasteiger partial charge on any atom is -0.308 e. The largest absolute Gasteiger partial charge is 0.308 e. The molecule has 0 bridgehead atoms. The van der Waals surface area contributed by atoms with Gasteiger partial charge in [0.15, 0.2) is 0 Å². The predicted octanol–water partition coefficient (Wildman–Crippen LogP) is 3.80. The summed E-state index contributed by atoms with van der Waals surface area (Å²) in [6.45, 7) is 4.34. The van der Waals surface area contributed by atoms with E-state index >= 15 is 0 Å². The third-order valence-electron chi connectivity index (χ3n) is 4.25. The Morgan fingerprint density at radius 1 is 1.17 bits per heavy atom. The Morgan fingerprint density at radius 3 is 2.70 bits per heavy atom. The summed E-state index contributed by atoms with van der Waals surface area (Å²) in [5.41, 5.74) is 4.14. The molecule has 23 heavy (non-hydrogen) atoms. The van der Waals surface area contributed by atoms with Crippen LogP contribution >= 0.6 is 0 Å². The maximum Gasteiger partial charge on any atom is 0.273 e. The van der Waals surface area contributed by atoms with E-state index in [0.29, 0.717) is 17.7 Å². The number of carbonyl (C=O) groups is 1. The molecule has 0 aliphatic carbocycles. The van der Waals surface area contributed by atoms with Gasteiger partial charge in [0.25, 0.3) is 11.6 Å². The van der Waals surface area contributed by atoms with Crippen LogP contribution in [0.15, 0.2) is 36.4 Å². The van der Waals surface area contributed by atoms with Gasteiger partial charge in [-0.3, -0.25) is 14.9 Å². The van der Waals surface area contributed by atoms with Crippen LogP contribution < -0.4 is 4.90 Å². The van der Waals surface area contributed by atoms with Crippen molar-refractivity contribution < 1.29 is 9.72 Å². The quantitative estimate of drug-likeness (QED) is 0.626. The van der Waals surface area contributed by atoms with Crippen LogP contribution in [-0.2, 0) is 6.42 Å². The van der Waals surface area contributed by atoms with Gasteiger partial charge in [-0.1, -0.05) is 23.8 Å². The zero-order valence-electron chi connectivity index (χ0n) is 13.2. The van der Waals surface area contributed by atoms with E-state index in [0.717, 1.165) is 24.1 Å². The van der Waals surface area contributed by atoms with Crippen LogP contribution in [0.5, 0.6) is 0 Å². The summed E-state index contributed by atoms with van der Waals surface area (Å²) in [5.74, 6) is -0.182. The van der Waals surface area contributed by atoms with Crippen molar-refractivity contribution in [2.45, 2.75) is 26.7 Å². The van der Waals surface area contributed by atoms with Crippen LogP contribution in [0.2, 0.25) is 0 Å².